The lowest BCUT2D eigenvalue weighted by atomic mass is 10.1. The average molecular weight is 372 g/mol. The molecule has 1 aromatic heterocycles. The van der Waals surface area contributed by atoms with Crippen LogP contribution in [0, 0.1) is 13.8 Å². The molecule has 0 aliphatic rings. The number of rotatable bonds is 3. The van der Waals surface area contributed by atoms with Crippen molar-refractivity contribution in [3.05, 3.63) is 59.5 Å². The minimum Gasteiger partial charge on any atom is -0.496 e. The second kappa shape index (κ2) is 13.6. The Kier molecular flexibility index (Phi) is 12.2. The van der Waals surface area contributed by atoms with Crippen LogP contribution in [0.1, 0.15) is 51.6 Å². The first-order valence-corrected chi connectivity index (χ1v) is 9.44. The zero-order valence-corrected chi connectivity index (χ0v) is 17.9. The summed E-state index contributed by atoms with van der Waals surface area (Å²) in [5.74, 6) is 1.74. The number of aryl methyl sites for hydroxylation is 2. The van der Waals surface area contributed by atoms with Gasteiger partial charge in [0.2, 0.25) is 0 Å². The molecule has 0 bridgehead atoms. The van der Waals surface area contributed by atoms with E-state index in [0.29, 0.717) is 6.42 Å². The smallest absolute Gasteiger partial charge is 0.192 e. The van der Waals surface area contributed by atoms with Crippen molar-refractivity contribution in [2.75, 3.05) is 7.11 Å². The predicted molar refractivity (Wildman–Crippen MR) is 114 cm³/mol. The third-order valence-electron chi connectivity index (χ3n) is 3.33. The highest BCUT2D eigenvalue weighted by molar-refractivity contribution is 5.78. The summed E-state index contributed by atoms with van der Waals surface area (Å²) in [7, 11) is 1.64. The second-order valence-corrected chi connectivity index (χ2v) is 5.38. The Labute approximate surface area is 163 Å². The van der Waals surface area contributed by atoms with E-state index in [4.69, 9.17) is 9.15 Å². The number of hydrogen-bond acceptors (Lipinski definition) is 4. The number of hydrogen-bond donors (Lipinski definition) is 0. The van der Waals surface area contributed by atoms with E-state index >= 15 is 0 Å². The second-order valence-electron chi connectivity index (χ2n) is 5.38. The van der Waals surface area contributed by atoms with Gasteiger partial charge in [0.25, 0.3) is 0 Å². The van der Waals surface area contributed by atoms with Gasteiger partial charge in [-0.1, -0.05) is 52.0 Å². The number of benzene rings is 2. The topological polar surface area (TPSA) is 52.3 Å². The first-order chi connectivity index (χ1) is 13.0. The van der Waals surface area contributed by atoms with Gasteiger partial charge >= 0.3 is 0 Å². The SMILES string of the molecule is CC.CC.COc1cc(CC(C)=O)ccc1C.Cc1nc2ccccc2o1. The molecule has 0 fully saturated rings. The summed E-state index contributed by atoms with van der Waals surface area (Å²) in [6.07, 6.45) is 0.483. The van der Waals surface area contributed by atoms with Gasteiger partial charge < -0.3 is 9.15 Å². The first-order valence-electron chi connectivity index (χ1n) is 9.44. The largest absolute Gasteiger partial charge is 0.496 e. The minimum atomic E-state index is 0.172. The molecular weight excluding hydrogens is 338 g/mol. The van der Waals surface area contributed by atoms with E-state index in [9.17, 15) is 4.79 Å². The van der Waals surface area contributed by atoms with Crippen LogP contribution in [0.3, 0.4) is 0 Å². The van der Waals surface area contributed by atoms with Crippen LogP contribution >= 0.6 is 0 Å². The summed E-state index contributed by atoms with van der Waals surface area (Å²) >= 11 is 0. The van der Waals surface area contributed by atoms with E-state index < -0.39 is 0 Å². The van der Waals surface area contributed by atoms with Gasteiger partial charge in [-0.25, -0.2) is 4.98 Å². The molecule has 0 saturated carbocycles. The lowest BCUT2D eigenvalue weighted by molar-refractivity contribution is -0.116. The molecule has 1 heterocycles. The van der Waals surface area contributed by atoms with E-state index in [1.54, 1.807) is 14.0 Å². The van der Waals surface area contributed by atoms with Crippen LogP contribution in [0.15, 0.2) is 46.9 Å². The van der Waals surface area contributed by atoms with Gasteiger partial charge in [0.05, 0.1) is 7.11 Å². The van der Waals surface area contributed by atoms with Gasteiger partial charge in [0, 0.05) is 13.3 Å². The molecule has 0 saturated heterocycles. The zero-order valence-electron chi connectivity index (χ0n) is 17.9. The molecule has 0 unspecified atom stereocenters. The molecule has 0 amide bonds. The van der Waals surface area contributed by atoms with Gasteiger partial charge in [0.15, 0.2) is 11.5 Å². The molecule has 0 N–H and O–H groups in total. The molecule has 3 rings (SSSR count). The molecule has 148 valence electrons. The summed E-state index contributed by atoms with van der Waals surface area (Å²) in [4.78, 5) is 15.0. The number of ketones is 1. The molecule has 0 atom stereocenters. The van der Waals surface area contributed by atoms with Crippen molar-refractivity contribution in [2.24, 2.45) is 0 Å². The van der Waals surface area contributed by atoms with Gasteiger partial charge in [-0.2, -0.15) is 0 Å². The van der Waals surface area contributed by atoms with Gasteiger partial charge in [-0.05, 0) is 43.2 Å². The van der Waals surface area contributed by atoms with Crippen LogP contribution in [-0.2, 0) is 11.2 Å². The Morgan fingerprint density at radius 3 is 2.22 bits per heavy atom. The van der Waals surface area contributed by atoms with Crippen LogP contribution < -0.4 is 4.74 Å². The molecule has 3 aromatic rings. The molecule has 27 heavy (non-hydrogen) atoms. The van der Waals surface area contributed by atoms with E-state index in [-0.39, 0.29) is 5.78 Å². The number of oxazole rings is 1. The monoisotopic (exact) mass is 371 g/mol. The number of carbonyl (C=O) groups excluding carboxylic acids is 1. The Morgan fingerprint density at radius 1 is 1.04 bits per heavy atom. The lowest BCUT2D eigenvalue weighted by Crippen LogP contribution is -1.97. The number of carbonyl (C=O) groups is 1. The summed E-state index contributed by atoms with van der Waals surface area (Å²) in [6.45, 7) is 13.4. The molecule has 0 spiro atoms. The fourth-order valence-corrected chi connectivity index (χ4v) is 2.25. The van der Waals surface area contributed by atoms with Gasteiger partial charge in [0.1, 0.15) is 17.0 Å². The standard InChI is InChI=1S/C11H14O2.C8H7NO.2C2H6/c1-8-4-5-10(6-9(2)12)7-11(8)13-3;1-6-9-7-4-2-3-5-8(7)10-6;2*1-2/h4-5,7H,6H2,1-3H3;2-5H,1H3;2*1-2H3. The molecule has 2 aromatic carbocycles. The number of nitrogens with zero attached hydrogens (tertiary/aromatic N) is 1. The number of Topliss-reactive ketones (excluding diaryl/α,β-unsaturated/α-hetero) is 1. The number of aromatic nitrogens is 1. The normalized spacial score (nSPS) is 9.04. The van der Waals surface area contributed by atoms with Crippen molar-refractivity contribution in [2.45, 2.75) is 54.9 Å². The van der Waals surface area contributed by atoms with Crippen LogP contribution in [0.5, 0.6) is 5.75 Å². The van der Waals surface area contributed by atoms with Crippen LogP contribution in [0.2, 0.25) is 0 Å². The quantitative estimate of drug-likeness (QED) is 0.540. The van der Waals surface area contributed by atoms with Crippen LogP contribution in [-0.4, -0.2) is 17.9 Å². The third-order valence-corrected chi connectivity index (χ3v) is 3.33. The summed E-state index contributed by atoms with van der Waals surface area (Å²) in [5.41, 5.74) is 3.89. The minimum absolute atomic E-state index is 0.172. The molecule has 0 radical (unpaired) electrons. The van der Waals surface area contributed by atoms with Gasteiger partial charge in [-0.3, -0.25) is 4.79 Å². The van der Waals surface area contributed by atoms with Crippen molar-refractivity contribution >= 4 is 16.9 Å². The summed E-state index contributed by atoms with van der Waals surface area (Å²) in [6, 6.07) is 13.6. The van der Waals surface area contributed by atoms with E-state index in [1.165, 1.54) is 0 Å². The molecule has 0 aliphatic heterocycles. The lowest BCUT2D eigenvalue weighted by Gasteiger charge is -2.06. The number of ether oxygens (including phenoxy) is 1. The van der Waals surface area contributed by atoms with Gasteiger partial charge in [-0.15, -0.1) is 0 Å². The molecular formula is C23H33NO3. The fraction of sp³-hybridized carbons (Fsp3) is 0.391. The Bertz CT molecular complexity index is 773. The Balaban J connectivity index is 0.000000430. The predicted octanol–water partition coefficient (Wildman–Crippen LogP) is 6.32. The highest BCUT2D eigenvalue weighted by atomic mass is 16.5. The van der Waals surface area contributed by atoms with Crippen molar-refractivity contribution in [1.29, 1.82) is 0 Å². The maximum absolute atomic E-state index is 10.9. The number of fused-ring (bicyclic) bond motifs is 1. The van der Waals surface area contributed by atoms with Crippen molar-refractivity contribution < 1.29 is 13.9 Å². The summed E-state index contributed by atoms with van der Waals surface area (Å²) in [5, 5.41) is 0. The summed E-state index contributed by atoms with van der Waals surface area (Å²) < 4.78 is 10.4. The number of methoxy groups -OCH3 is 1. The van der Waals surface area contributed by atoms with E-state index in [1.807, 2.05) is 84.0 Å². The van der Waals surface area contributed by atoms with Crippen LogP contribution in [0.25, 0.3) is 11.1 Å². The van der Waals surface area contributed by atoms with E-state index in [2.05, 4.69) is 4.98 Å². The zero-order chi connectivity index (χ0) is 20.8. The first kappa shape index (κ1) is 24.4. The number of para-hydroxylation sites is 2. The molecule has 4 heteroatoms. The van der Waals surface area contributed by atoms with Crippen molar-refractivity contribution in [1.82, 2.24) is 4.98 Å². The highest BCUT2D eigenvalue weighted by Crippen LogP contribution is 2.19. The Hall–Kier alpha value is -2.62. The van der Waals surface area contributed by atoms with Crippen molar-refractivity contribution in [3.8, 4) is 5.75 Å². The fourth-order valence-electron chi connectivity index (χ4n) is 2.25. The molecule has 0 aliphatic carbocycles. The third kappa shape index (κ3) is 8.54. The average Bonchev–Trinajstić information content (AvgIpc) is 3.07. The highest BCUT2D eigenvalue weighted by Gasteiger charge is 2.02. The molecule has 4 nitrogen and oxygen atoms in total. The Morgan fingerprint density at radius 2 is 1.67 bits per heavy atom. The van der Waals surface area contributed by atoms with E-state index in [0.717, 1.165) is 33.9 Å². The van der Waals surface area contributed by atoms with Crippen molar-refractivity contribution in [3.63, 3.8) is 0 Å². The maximum atomic E-state index is 10.9. The van der Waals surface area contributed by atoms with Crippen LogP contribution in [0.4, 0.5) is 0 Å². The maximum Gasteiger partial charge on any atom is 0.192 e.